The highest BCUT2D eigenvalue weighted by molar-refractivity contribution is 7.09. The van der Waals surface area contributed by atoms with Crippen LogP contribution in [0.15, 0.2) is 5.38 Å². The lowest BCUT2D eigenvalue weighted by molar-refractivity contribution is 0.446. The summed E-state index contributed by atoms with van der Waals surface area (Å²) in [5.74, 6) is 0.979. The average Bonchev–Trinajstić information content (AvgIpc) is 3.03. The van der Waals surface area contributed by atoms with Crippen LogP contribution in [0.2, 0.25) is 0 Å². The fourth-order valence-corrected chi connectivity index (χ4v) is 3.01. The van der Waals surface area contributed by atoms with Crippen LogP contribution in [-0.2, 0) is 6.42 Å². The second-order valence-electron chi connectivity index (χ2n) is 4.79. The highest BCUT2D eigenvalue weighted by Crippen LogP contribution is 2.33. The van der Waals surface area contributed by atoms with Crippen LogP contribution >= 0.6 is 11.3 Å². The predicted octanol–water partition coefficient (Wildman–Crippen LogP) is 3.16. The zero-order chi connectivity index (χ0) is 11.4. The molecule has 1 saturated carbocycles. The van der Waals surface area contributed by atoms with Crippen LogP contribution in [0.4, 0.5) is 0 Å². The molecule has 1 aromatic rings. The van der Waals surface area contributed by atoms with Gasteiger partial charge in [0.05, 0.1) is 5.01 Å². The molecule has 1 fully saturated rings. The van der Waals surface area contributed by atoms with Gasteiger partial charge in [0.15, 0.2) is 0 Å². The minimum absolute atomic E-state index is 0.776. The molecule has 1 aliphatic carbocycles. The van der Waals surface area contributed by atoms with Crippen molar-refractivity contribution in [1.82, 2.24) is 10.3 Å². The molecule has 0 spiro atoms. The molecule has 90 valence electrons. The quantitative estimate of drug-likeness (QED) is 0.738. The first kappa shape index (κ1) is 12.1. The number of aromatic nitrogens is 1. The Morgan fingerprint density at radius 2 is 2.38 bits per heavy atom. The molecule has 1 aromatic heterocycles. The van der Waals surface area contributed by atoms with Gasteiger partial charge in [-0.2, -0.15) is 0 Å². The van der Waals surface area contributed by atoms with Crippen LogP contribution in [0.25, 0.3) is 0 Å². The Kier molecular flexibility index (Phi) is 4.36. The van der Waals surface area contributed by atoms with Gasteiger partial charge in [0, 0.05) is 23.5 Å². The summed E-state index contributed by atoms with van der Waals surface area (Å²) in [4.78, 5) is 4.49. The van der Waals surface area contributed by atoms with E-state index in [1.54, 1.807) is 11.3 Å². The van der Waals surface area contributed by atoms with Gasteiger partial charge in [-0.15, -0.1) is 11.3 Å². The summed E-state index contributed by atoms with van der Waals surface area (Å²) in [5, 5.41) is 7.12. The topological polar surface area (TPSA) is 24.9 Å². The third kappa shape index (κ3) is 3.56. The van der Waals surface area contributed by atoms with E-state index in [0.717, 1.165) is 30.6 Å². The molecule has 0 radical (unpaired) electrons. The lowest BCUT2D eigenvalue weighted by atomic mass is 10.1. The van der Waals surface area contributed by atoms with E-state index in [1.165, 1.54) is 30.7 Å². The summed E-state index contributed by atoms with van der Waals surface area (Å²) in [6.07, 6.45) is 6.51. The fourth-order valence-electron chi connectivity index (χ4n) is 2.19. The van der Waals surface area contributed by atoms with Gasteiger partial charge >= 0.3 is 0 Å². The Labute approximate surface area is 102 Å². The first-order valence-electron chi connectivity index (χ1n) is 6.44. The van der Waals surface area contributed by atoms with Crippen LogP contribution in [0.3, 0.4) is 0 Å². The molecule has 1 heterocycles. The first-order chi connectivity index (χ1) is 7.79. The standard InChI is InChI=1S/C13H22N2S/c1-3-12(11-6-7-11)14-8-4-5-13-15-10(2)9-16-13/h9,11-12,14H,3-8H2,1-2H3/t12-/m0/s1. The smallest absolute Gasteiger partial charge is 0.0928 e. The van der Waals surface area contributed by atoms with E-state index in [4.69, 9.17) is 0 Å². The molecule has 0 saturated heterocycles. The molecular formula is C13H22N2S. The van der Waals surface area contributed by atoms with E-state index in [9.17, 15) is 0 Å². The SMILES string of the molecule is CC[C@H](NCCCc1nc(C)cs1)C1CC1. The summed E-state index contributed by atoms with van der Waals surface area (Å²) < 4.78 is 0. The average molecular weight is 238 g/mol. The second-order valence-corrected chi connectivity index (χ2v) is 5.74. The number of nitrogens with zero attached hydrogens (tertiary/aromatic N) is 1. The summed E-state index contributed by atoms with van der Waals surface area (Å²) in [6.45, 7) is 5.51. The van der Waals surface area contributed by atoms with Crippen LogP contribution in [0.1, 0.15) is 43.3 Å². The molecule has 2 rings (SSSR count). The van der Waals surface area contributed by atoms with Crippen molar-refractivity contribution in [2.24, 2.45) is 5.92 Å². The second kappa shape index (κ2) is 5.78. The Balaban J connectivity index is 1.60. The maximum Gasteiger partial charge on any atom is 0.0928 e. The first-order valence-corrected chi connectivity index (χ1v) is 7.32. The molecule has 1 atom stereocenters. The number of hydrogen-bond acceptors (Lipinski definition) is 3. The third-order valence-electron chi connectivity index (χ3n) is 3.27. The Bertz CT molecular complexity index is 317. The molecule has 0 aliphatic heterocycles. The molecule has 0 unspecified atom stereocenters. The maximum absolute atomic E-state index is 4.49. The summed E-state index contributed by atoms with van der Waals surface area (Å²) >= 11 is 1.79. The zero-order valence-corrected chi connectivity index (χ0v) is 11.1. The van der Waals surface area contributed by atoms with E-state index in [0.29, 0.717) is 0 Å². The van der Waals surface area contributed by atoms with Crippen LogP contribution in [0.5, 0.6) is 0 Å². The van der Waals surface area contributed by atoms with Crippen LogP contribution < -0.4 is 5.32 Å². The minimum Gasteiger partial charge on any atom is -0.314 e. The fraction of sp³-hybridized carbons (Fsp3) is 0.769. The van der Waals surface area contributed by atoms with Crippen molar-refractivity contribution in [3.8, 4) is 0 Å². The van der Waals surface area contributed by atoms with Crippen LogP contribution in [0, 0.1) is 12.8 Å². The van der Waals surface area contributed by atoms with Gasteiger partial charge in [-0.3, -0.25) is 0 Å². The number of thiazole rings is 1. The molecule has 3 heteroatoms. The molecule has 2 nitrogen and oxygen atoms in total. The molecule has 0 bridgehead atoms. The molecule has 0 amide bonds. The van der Waals surface area contributed by atoms with E-state index in [-0.39, 0.29) is 0 Å². The molecule has 0 aromatic carbocycles. The van der Waals surface area contributed by atoms with E-state index in [1.807, 2.05) is 0 Å². The number of rotatable bonds is 7. The van der Waals surface area contributed by atoms with Crippen molar-refractivity contribution < 1.29 is 0 Å². The van der Waals surface area contributed by atoms with Gasteiger partial charge in [0.1, 0.15) is 0 Å². The minimum atomic E-state index is 0.776. The van der Waals surface area contributed by atoms with E-state index >= 15 is 0 Å². The van der Waals surface area contributed by atoms with Crippen molar-refractivity contribution >= 4 is 11.3 Å². The molecular weight excluding hydrogens is 216 g/mol. The van der Waals surface area contributed by atoms with Crippen molar-refractivity contribution in [3.63, 3.8) is 0 Å². The summed E-state index contributed by atoms with van der Waals surface area (Å²) in [7, 11) is 0. The van der Waals surface area contributed by atoms with Crippen molar-refractivity contribution in [2.75, 3.05) is 6.54 Å². The van der Waals surface area contributed by atoms with Gasteiger partial charge in [0.2, 0.25) is 0 Å². The maximum atomic E-state index is 4.49. The lowest BCUT2D eigenvalue weighted by Crippen LogP contribution is -2.31. The zero-order valence-electron chi connectivity index (χ0n) is 10.3. The number of nitrogens with one attached hydrogen (secondary N) is 1. The van der Waals surface area contributed by atoms with Gasteiger partial charge in [-0.05, 0) is 45.1 Å². The normalized spacial score (nSPS) is 17.6. The Morgan fingerprint density at radius 3 is 2.94 bits per heavy atom. The van der Waals surface area contributed by atoms with Crippen molar-refractivity contribution in [1.29, 1.82) is 0 Å². The van der Waals surface area contributed by atoms with Gasteiger partial charge < -0.3 is 5.32 Å². The van der Waals surface area contributed by atoms with Gasteiger partial charge in [-0.25, -0.2) is 4.98 Å². The summed E-state index contributed by atoms with van der Waals surface area (Å²) in [5.41, 5.74) is 1.16. The van der Waals surface area contributed by atoms with Crippen molar-refractivity contribution in [2.45, 2.75) is 52.0 Å². The monoisotopic (exact) mass is 238 g/mol. The van der Waals surface area contributed by atoms with E-state index < -0.39 is 0 Å². The highest BCUT2D eigenvalue weighted by atomic mass is 32.1. The van der Waals surface area contributed by atoms with Gasteiger partial charge in [-0.1, -0.05) is 6.92 Å². The predicted molar refractivity (Wildman–Crippen MR) is 70.0 cm³/mol. The third-order valence-corrected chi connectivity index (χ3v) is 4.30. The molecule has 1 N–H and O–H groups in total. The number of hydrogen-bond donors (Lipinski definition) is 1. The highest BCUT2D eigenvalue weighted by Gasteiger charge is 2.29. The molecule has 1 aliphatic rings. The summed E-state index contributed by atoms with van der Waals surface area (Å²) in [6, 6.07) is 0.776. The lowest BCUT2D eigenvalue weighted by Gasteiger charge is -2.15. The Hall–Kier alpha value is -0.410. The van der Waals surface area contributed by atoms with Crippen LogP contribution in [-0.4, -0.2) is 17.6 Å². The molecule has 16 heavy (non-hydrogen) atoms. The van der Waals surface area contributed by atoms with Crippen molar-refractivity contribution in [3.05, 3.63) is 16.1 Å². The van der Waals surface area contributed by atoms with E-state index in [2.05, 4.69) is 29.5 Å². The Morgan fingerprint density at radius 1 is 1.56 bits per heavy atom. The largest absolute Gasteiger partial charge is 0.314 e. The van der Waals surface area contributed by atoms with Gasteiger partial charge in [0.25, 0.3) is 0 Å². The number of aryl methyl sites for hydroxylation is 2.